The second-order valence-corrected chi connectivity index (χ2v) is 4.48. The third kappa shape index (κ3) is 2.31. The van der Waals surface area contributed by atoms with Gasteiger partial charge in [-0.15, -0.1) is 0 Å². The molecule has 0 amide bonds. The lowest BCUT2D eigenvalue weighted by atomic mass is 10.1. The van der Waals surface area contributed by atoms with Gasteiger partial charge < -0.3 is 9.84 Å². The van der Waals surface area contributed by atoms with Crippen molar-refractivity contribution in [1.29, 1.82) is 0 Å². The fourth-order valence-corrected chi connectivity index (χ4v) is 1.96. The highest BCUT2D eigenvalue weighted by Crippen LogP contribution is 2.30. The topological polar surface area (TPSA) is 64.3 Å². The van der Waals surface area contributed by atoms with Gasteiger partial charge in [-0.25, -0.2) is 9.48 Å². The van der Waals surface area contributed by atoms with Gasteiger partial charge in [-0.2, -0.15) is 5.10 Å². The molecule has 0 fully saturated rings. The number of para-hydroxylation sites is 1. The zero-order valence-corrected chi connectivity index (χ0v) is 11.1. The van der Waals surface area contributed by atoms with Crippen LogP contribution in [0.1, 0.15) is 35.8 Å². The molecular formula is C14H16N2O3. The van der Waals surface area contributed by atoms with Gasteiger partial charge in [0.2, 0.25) is 5.88 Å². The molecule has 19 heavy (non-hydrogen) atoms. The highest BCUT2D eigenvalue weighted by molar-refractivity contribution is 5.92. The second-order valence-electron chi connectivity index (χ2n) is 4.48. The Morgan fingerprint density at radius 2 is 1.95 bits per heavy atom. The Hall–Kier alpha value is -2.30. The average molecular weight is 260 g/mol. The molecule has 1 N–H and O–H groups in total. The molecule has 0 aliphatic rings. The van der Waals surface area contributed by atoms with Gasteiger partial charge in [0.25, 0.3) is 0 Å². The average Bonchev–Trinajstić information content (AvgIpc) is 2.79. The number of hydrogen-bond donors (Lipinski definition) is 1. The van der Waals surface area contributed by atoms with E-state index in [4.69, 9.17) is 4.74 Å². The van der Waals surface area contributed by atoms with Crippen molar-refractivity contribution in [3.05, 3.63) is 41.6 Å². The monoisotopic (exact) mass is 260 g/mol. The maximum absolute atomic E-state index is 11.4. The summed E-state index contributed by atoms with van der Waals surface area (Å²) in [5.41, 5.74) is 1.42. The minimum atomic E-state index is -1.03. The van der Waals surface area contributed by atoms with Crippen LogP contribution in [0.2, 0.25) is 0 Å². The smallest absolute Gasteiger partial charge is 0.343 e. The Labute approximate surface area is 111 Å². The number of aromatic nitrogens is 2. The van der Waals surface area contributed by atoms with E-state index < -0.39 is 5.97 Å². The van der Waals surface area contributed by atoms with Gasteiger partial charge in [-0.1, -0.05) is 32.0 Å². The predicted octanol–water partition coefficient (Wildman–Crippen LogP) is 2.70. The van der Waals surface area contributed by atoms with E-state index >= 15 is 0 Å². The molecule has 100 valence electrons. The molecule has 0 aliphatic heterocycles. The normalized spacial score (nSPS) is 10.7. The summed E-state index contributed by atoms with van der Waals surface area (Å²) in [4.78, 5) is 11.4. The number of benzene rings is 1. The number of rotatable bonds is 4. The zero-order chi connectivity index (χ0) is 14.0. The molecule has 5 nitrogen and oxygen atoms in total. The number of aromatic carboxylic acids is 1. The predicted molar refractivity (Wildman–Crippen MR) is 71.2 cm³/mol. The number of carbonyl (C=O) groups is 1. The van der Waals surface area contributed by atoms with E-state index in [2.05, 4.69) is 5.10 Å². The van der Waals surface area contributed by atoms with Crippen LogP contribution in [0.25, 0.3) is 5.69 Å². The first-order chi connectivity index (χ1) is 9.06. The van der Waals surface area contributed by atoms with Crippen molar-refractivity contribution < 1.29 is 14.6 Å². The molecule has 2 rings (SSSR count). The number of nitrogens with zero attached hydrogens (tertiary/aromatic N) is 2. The summed E-state index contributed by atoms with van der Waals surface area (Å²) in [6.07, 6.45) is 0. The summed E-state index contributed by atoms with van der Waals surface area (Å²) < 4.78 is 6.77. The second kappa shape index (κ2) is 5.14. The van der Waals surface area contributed by atoms with Crippen molar-refractivity contribution >= 4 is 5.97 Å². The van der Waals surface area contributed by atoms with E-state index in [1.54, 1.807) is 0 Å². The summed E-state index contributed by atoms with van der Waals surface area (Å²) in [5, 5.41) is 13.7. The van der Waals surface area contributed by atoms with Crippen LogP contribution in [0.4, 0.5) is 0 Å². The van der Waals surface area contributed by atoms with Gasteiger partial charge in [0.1, 0.15) is 5.56 Å². The van der Waals surface area contributed by atoms with Crippen molar-refractivity contribution in [2.45, 2.75) is 19.8 Å². The molecule has 1 aromatic heterocycles. The van der Waals surface area contributed by atoms with Crippen LogP contribution >= 0.6 is 0 Å². The van der Waals surface area contributed by atoms with E-state index in [1.807, 2.05) is 44.2 Å². The molecule has 0 saturated carbocycles. The first kappa shape index (κ1) is 13.1. The third-order valence-electron chi connectivity index (χ3n) is 2.82. The molecule has 1 heterocycles. The molecule has 0 spiro atoms. The first-order valence-electron chi connectivity index (χ1n) is 6.01. The molecule has 0 bridgehead atoms. The number of carboxylic acid groups (broad SMARTS) is 1. The Morgan fingerprint density at radius 1 is 1.32 bits per heavy atom. The number of hydrogen-bond acceptors (Lipinski definition) is 3. The number of carboxylic acids is 1. The van der Waals surface area contributed by atoms with Crippen LogP contribution in [-0.4, -0.2) is 28.0 Å². The highest BCUT2D eigenvalue weighted by atomic mass is 16.5. The van der Waals surface area contributed by atoms with Gasteiger partial charge in [0.15, 0.2) is 0 Å². The van der Waals surface area contributed by atoms with E-state index in [1.165, 1.54) is 11.8 Å². The quantitative estimate of drug-likeness (QED) is 0.918. The van der Waals surface area contributed by atoms with Gasteiger partial charge in [-0.3, -0.25) is 0 Å². The lowest BCUT2D eigenvalue weighted by Gasteiger charge is -2.06. The fraction of sp³-hybridized carbons (Fsp3) is 0.286. The highest BCUT2D eigenvalue weighted by Gasteiger charge is 2.26. The Kier molecular flexibility index (Phi) is 3.55. The van der Waals surface area contributed by atoms with E-state index in [-0.39, 0.29) is 17.4 Å². The molecule has 1 aromatic carbocycles. The first-order valence-corrected chi connectivity index (χ1v) is 6.01. The van der Waals surface area contributed by atoms with E-state index in [0.717, 1.165) is 5.69 Å². The minimum absolute atomic E-state index is 0.00459. The zero-order valence-electron chi connectivity index (χ0n) is 11.1. The molecular weight excluding hydrogens is 244 g/mol. The number of methoxy groups -OCH3 is 1. The Morgan fingerprint density at radius 3 is 2.42 bits per heavy atom. The summed E-state index contributed by atoms with van der Waals surface area (Å²) in [6, 6.07) is 9.33. The van der Waals surface area contributed by atoms with Gasteiger partial charge in [0, 0.05) is 0 Å². The lowest BCUT2D eigenvalue weighted by Crippen LogP contribution is -2.04. The minimum Gasteiger partial charge on any atom is -0.480 e. The molecule has 0 aliphatic carbocycles. The van der Waals surface area contributed by atoms with Gasteiger partial charge in [-0.05, 0) is 18.1 Å². The van der Waals surface area contributed by atoms with E-state index in [9.17, 15) is 9.90 Å². The van der Waals surface area contributed by atoms with Crippen molar-refractivity contribution in [2.75, 3.05) is 7.11 Å². The van der Waals surface area contributed by atoms with Crippen LogP contribution < -0.4 is 4.74 Å². The van der Waals surface area contributed by atoms with Crippen LogP contribution in [0, 0.1) is 0 Å². The Balaban J connectivity index is 2.69. The van der Waals surface area contributed by atoms with Gasteiger partial charge in [0.05, 0.1) is 18.5 Å². The molecule has 0 saturated heterocycles. The molecule has 0 unspecified atom stereocenters. The summed E-state index contributed by atoms with van der Waals surface area (Å²) >= 11 is 0. The lowest BCUT2D eigenvalue weighted by molar-refractivity contribution is 0.0691. The standard InChI is InChI=1S/C14H16N2O3/c1-9(2)12-11(14(17)18)13(19-3)16(15-12)10-7-5-4-6-8-10/h4-9H,1-3H3,(H,17,18). The van der Waals surface area contributed by atoms with Crippen LogP contribution in [-0.2, 0) is 0 Å². The summed E-state index contributed by atoms with van der Waals surface area (Å²) in [6.45, 7) is 3.81. The fourth-order valence-electron chi connectivity index (χ4n) is 1.96. The maximum Gasteiger partial charge on any atom is 0.343 e. The summed E-state index contributed by atoms with van der Waals surface area (Å²) in [5.74, 6) is -0.768. The van der Waals surface area contributed by atoms with Crippen molar-refractivity contribution in [3.8, 4) is 11.6 Å². The number of ether oxygens (including phenoxy) is 1. The third-order valence-corrected chi connectivity index (χ3v) is 2.82. The van der Waals surface area contributed by atoms with Crippen LogP contribution in [0.15, 0.2) is 30.3 Å². The largest absolute Gasteiger partial charge is 0.480 e. The van der Waals surface area contributed by atoms with Crippen LogP contribution in [0.3, 0.4) is 0 Å². The molecule has 0 radical (unpaired) electrons. The van der Waals surface area contributed by atoms with Crippen molar-refractivity contribution in [1.82, 2.24) is 9.78 Å². The van der Waals surface area contributed by atoms with Crippen molar-refractivity contribution in [3.63, 3.8) is 0 Å². The van der Waals surface area contributed by atoms with E-state index in [0.29, 0.717) is 5.69 Å². The van der Waals surface area contributed by atoms with Gasteiger partial charge >= 0.3 is 5.97 Å². The van der Waals surface area contributed by atoms with Crippen LogP contribution in [0.5, 0.6) is 5.88 Å². The molecule has 5 heteroatoms. The Bertz CT molecular complexity index is 588. The van der Waals surface area contributed by atoms with Crippen molar-refractivity contribution in [2.24, 2.45) is 0 Å². The molecule has 0 atom stereocenters. The SMILES string of the molecule is COc1c(C(=O)O)c(C(C)C)nn1-c1ccccc1. The maximum atomic E-state index is 11.4. The summed E-state index contributed by atoms with van der Waals surface area (Å²) in [7, 11) is 1.45. The molecule has 2 aromatic rings.